The van der Waals surface area contributed by atoms with E-state index in [-0.39, 0.29) is 12.5 Å². The fraction of sp³-hybridized carbons (Fsp3) is 0.773. The van der Waals surface area contributed by atoms with E-state index in [0.717, 1.165) is 43.9 Å². The molecule has 142 valence electrons. The van der Waals surface area contributed by atoms with Gasteiger partial charge in [-0.15, -0.1) is 0 Å². The highest BCUT2D eigenvalue weighted by Crippen LogP contribution is 2.54. The van der Waals surface area contributed by atoms with E-state index in [0.29, 0.717) is 11.8 Å². The lowest BCUT2D eigenvalue weighted by molar-refractivity contribution is -0.137. The van der Waals surface area contributed by atoms with Crippen molar-refractivity contribution in [2.24, 2.45) is 23.7 Å². The number of carbonyl (C=O) groups is 1. The van der Waals surface area contributed by atoms with Crippen LogP contribution in [0.1, 0.15) is 77.6 Å². The predicted octanol–water partition coefficient (Wildman–Crippen LogP) is 5.35. The van der Waals surface area contributed by atoms with Gasteiger partial charge in [0, 0.05) is 6.42 Å². The Hall–Kier alpha value is -1.09. The SMILES string of the molecule is CCCCCC(O)/C=C/C1C2CCC(C2)C1C/C=C/CCCC(=O)O. The largest absolute Gasteiger partial charge is 0.481 e. The molecule has 0 aromatic heterocycles. The first-order valence-corrected chi connectivity index (χ1v) is 10.3. The molecule has 0 radical (unpaired) electrons. The lowest BCUT2D eigenvalue weighted by Gasteiger charge is -2.28. The minimum Gasteiger partial charge on any atom is -0.481 e. The molecule has 2 saturated carbocycles. The molecule has 25 heavy (non-hydrogen) atoms. The lowest BCUT2D eigenvalue weighted by atomic mass is 9.77. The average Bonchev–Trinajstić information content (AvgIpc) is 3.17. The first-order chi connectivity index (χ1) is 12.1. The van der Waals surface area contributed by atoms with E-state index in [1.165, 1.54) is 32.1 Å². The number of carboxylic acid groups (broad SMARTS) is 1. The van der Waals surface area contributed by atoms with Gasteiger partial charge in [-0.3, -0.25) is 4.79 Å². The summed E-state index contributed by atoms with van der Waals surface area (Å²) in [5, 5.41) is 18.8. The minimum atomic E-state index is -0.704. The summed E-state index contributed by atoms with van der Waals surface area (Å²) in [6.45, 7) is 2.19. The van der Waals surface area contributed by atoms with Crippen molar-refractivity contribution in [1.29, 1.82) is 0 Å². The van der Waals surface area contributed by atoms with Gasteiger partial charge < -0.3 is 10.2 Å². The van der Waals surface area contributed by atoms with Crippen molar-refractivity contribution < 1.29 is 15.0 Å². The first-order valence-electron chi connectivity index (χ1n) is 10.3. The highest BCUT2D eigenvalue weighted by molar-refractivity contribution is 5.66. The van der Waals surface area contributed by atoms with Crippen LogP contribution in [-0.2, 0) is 4.79 Å². The van der Waals surface area contributed by atoms with Crippen LogP contribution < -0.4 is 0 Å². The molecule has 5 atom stereocenters. The number of unbranched alkanes of at least 4 members (excludes halogenated alkanes) is 3. The van der Waals surface area contributed by atoms with Gasteiger partial charge in [-0.2, -0.15) is 0 Å². The molecule has 0 heterocycles. The molecule has 5 unspecified atom stereocenters. The van der Waals surface area contributed by atoms with E-state index in [2.05, 4.69) is 31.2 Å². The van der Waals surface area contributed by atoms with Gasteiger partial charge in [0.1, 0.15) is 0 Å². The van der Waals surface area contributed by atoms with Crippen LogP contribution in [-0.4, -0.2) is 22.3 Å². The number of aliphatic carboxylic acids is 1. The summed E-state index contributed by atoms with van der Waals surface area (Å²) in [6.07, 6.45) is 20.0. The monoisotopic (exact) mass is 348 g/mol. The fourth-order valence-electron chi connectivity index (χ4n) is 4.80. The molecule has 0 aliphatic heterocycles. The molecule has 0 saturated heterocycles. The van der Waals surface area contributed by atoms with E-state index in [4.69, 9.17) is 5.11 Å². The Morgan fingerprint density at radius 2 is 1.96 bits per heavy atom. The standard InChI is InChI=1S/C22H36O3/c1-2-3-6-9-19(23)14-15-21-18-13-12-17(16-18)20(21)10-7-4-5-8-11-22(24)25/h4,7,14-15,17-21,23H,2-3,5-6,8-13,16H2,1H3,(H,24,25)/b7-4+,15-14+. The fourth-order valence-corrected chi connectivity index (χ4v) is 4.80. The van der Waals surface area contributed by atoms with Crippen LogP contribution >= 0.6 is 0 Å². The Labute approximate surface area is 153 Å². The summed E-state index contributed by atoms with van der Waals surface area (Å²) in [4.78, 5) is 10.5. The number of allylic oxidation sites excluding steroid dienone is 3. The average molecular weight is 349 g/mol. The summed E-state index contributed by atoms with van der Waals surface area (Å²) < 4.78 is 0. The van der Waals surface area contributed by atoms with Crippen LogP contribution in [0.15, 0.2) is 24.3 Å². The molecule has 0 aromatic carbocycles. The Kier molecular flexibility index (Phi) is 8.74. The molecule has 2 aliphatic rings. The third kappa shape index (κ3) is 6.62. The van der Waals surface area contributed by atoms with Gasteiger partial charge in [0.25, 0.3) is 0 Å². The smallest absolute Gasteiger partial charge is 0.303 e. The van der Waals surface area contributed by atoms with Crippen molar-refractivity contribution >= 4 is 5.97 Å². The third-order valence-corrected chi connectivity index (χ3v) is 6.15. The normalized spacial score (nSPS) is 29.8. The topological polar surface area (TPSA) is 57.5 Å². The predicted molar refractivity (Wildman–Crippen MR) is 102 cm³/mol. The van der Waals surface area contributed by atoms with Crippen LogP contribution in [0.3, 0.4) is 0 Å². The summed E-state index contributed by atoms with van der Waals surface area (Å²) >= 11 is 0. The van der Waals surface area contributed by atoms with Crippen LogP contribution in [0.5, 0.6) is 0 Å². The zero-order valence-electron chi connectivity index (χ0n) is 15.8. The van der Waals surface area contributed by atoms with Gasteiger partial charge in [0.05, 0.1) is 6.10 Å². The van der Waals surface area contributed by atoms with Crippen LogP contribution in [0.25, 0.3) is 0 Å². The molecule has 3 nitrogen and oxygen atoms in total. The van der Waals surface area contributed by atoms with Crippen molar-refractivity contribution in [1.82, 2.24) is 0 Å². The summed E-state index contributed by atoms with van der Waals surface area (Å²) in [5.74, 6) is 2.30. The van der Waals surface area contributed by atoms with E-state index in [9.17, 15) is 9.90 Å². The number of aliphatic hydroxyl groups is 1. The molecule has 2 aliphatic carbocycles. The minimum absolute atomic E-state index is 0.264. The van der Waals surface area contributed by atoms with Crippen molar-refractivity contribution in [2.45, 2.75) is 83.7 Å². The van der Waals surface area contributed by atoms with E-state index in [1.54, 1.807) is 0 Å². The molecule has 0 spiro atoms. The summed E-state index contributed by atoms with van der Waals surface area (Å²) in [5.41, 5.74) is 0. The van der Waals surface area contributed by atoms with Gasteiger partial charge >= 0.3 is 5.97 Å². The zero-order valence-corrected chi connectivity index (χ0v) is 15.8. The maximum atomic E-state index is 10.5. The summed E-state index contributed by atoms with van der Waals surface area (Å²) in [6, 6.07) is 0. The quantitative estimate of drug-likeness (QED) is 0.369. The Bertz CT molecular complexity index is 454. The second-order valence-electron chi connectivity index (χ2n) is 8.02. The highest BCUT2D eigenvalue weighted by atomic mass is 16.4. The van der Waals surface area contributed by atoms with Gasteiger partial charge in [0.2, 0.25) is 0 Å². The maximum Gasteiger partial charge on any atom is 0.303 e. The number of hydrogen-bond acceptors (Lipinski definition) is 2. The molecule has 2 rings (SSSR count). The molecular formula is C22H36O3. The third-order valence-electron chi connectivity index (χ3n) is 6.15. The molecule has 2 fully saturated rings. The Balaban J connectivity index is 1.78. The number of rotatable bonds is 12. The molecule has 3 heteroatoms. The van der Waals surface area contributed by atoms with Gasteiger partial charge in [-0.1, -0.05) is 50.5 Å². The zero-order chi connectivity index (χ0) is 18.1. The van der Waals surface area contributed by atoms with E-state index >= 15 is 0 Å². The number of aliphatic hydroxyl groups excluding tert-OH is 1. The van der Waals surface area contributed by atoms with Crippen LogP contribution in [0.4, 0.5) is 0 Å². The van der Waals surface area contributed by atoms with Gasteiger partial charge in [-0.05, 0) is 68.6 Å². The molecular weight excluding hydrogens is 312 g/mol. The van der Waals surface area contributed by atoms with Crippen LogP contribution in [0, 0.1) is 23.7 Å². The van der Waals surface area contributed by atoms with Crippen molar-refractivity contribution in [3.8, 4) is 0 Å². The van der Waals surface area contributed by atoms with Crippen LogP contribution in [0.2, 0.25) is 0 Å². The first kappa shape index (κ1) is 20.2. The number of hydrogen-bond donors (Lipinski definition) is 2. The molecule has 2 N–H and O–H groups in total. The summed E-state index contributed by atoms with van der Waals surface area (Å²) in [7, 11) is 0. The van der Waals surface area contributed by atoms with Gasteiger partial charge in [-0.25, -0.2) is 0 Å². The highest BCUT2D eigenvalue weighted by Gasteiger charge is 2.45. The maximum absolute atomic E-state index is 10.5. The van der Waals surface area contributed by atoms with Crippen molar-refractivity contribution in [3.05, 3.63) is 24.3 Å². The van der Waals surface area contributed by atoms with E-state index in [1.807, 2.05) is 0 Å². The van der Waals surface area contributed by atoms with Gasteiger partial charge in [0.15, 0.2) is 0 Å². The second-order valence-corrected chi connectivity index (χ2v) is 8.02. The molecule has 0 amide bonds. The second kappa shape index (κ2) is 10.8. The Morgan fingerprint density at radius 3 is 2.72 bits per heavy atom. The molecule has 0 aromatic rings. The van der Waals surface area contributed by atoms with E-state index < -0.39 is 5.97 Å². The van der Waals surface area contributed by atoms with Crippen molar-refractivity contribution in [2.75, 3.05) is 0 Å². The number of carboxylic acids is 1. The van der Waals surface area contributed by atoms with Crippen molar-refractivity contribution in [3.63, 3.8) is 0 Å². The number of fused-ring (bicyclic) bond motifs is 2. The Morgan fingerprint density at radius 1 is 1.16 bits per heavy atom. The lowest BCUT2D eigenvalue weighted by Crippen LogP contribution is -2.20. The molecule has 2 bridgehead atoms.